The summed E-state index contributed by atoms with van der Waals surface area (Å²) < 4.78 is 0. The highest BCUT2D eigenvalue weighted by Crippen LogP contribution is 2.44. The zero-order valence-electron chi connectivity index (χ0n) is 7.04. The predicted octanol–water partition coefficient (Wildman–Crippen LogP) is 2.40. The zero-order chi connectivity index (χ0) is 8.60. The SMILES string of the molecule is CC1(c2nc(C=O)cs2)CCC1. The van der Waals surface area contributed by atoms with Crippen molar-refractivity contribution >= 4 is 17.6 Å². The quantitative estimate of drug-likeness (QED) is 0.656. The summed E-state index contributed by atoms with van der Waals surface area (Å²) >= 11 is 1.61. The number of hydrogen-bond donors (Lipinski definition) is 0. The van der Waals surface area contributed by atoms with Crippen LogP contribution < -0.4 is 0 Å². The van der Waals surface area contributed by atoms with Gasteiger partial charge in [-0.2, -0.15) is 0 Å². The number of carbonyl (C=O) groups is 1. The van der Waals surface area contributed by atoms with E-state index in [2.05, 4.69) is 11.9 Å². The molecule has 0 aliphatic heterocycles. The number of hydrogen-bond acceptors (Lipinski definition) is 3. The van der Waals surface area contributed by atoms with Crippen LogP contribution in [-0.2, 0) is 5.41 Å². The molecule has 3 heteroatoms. The fourth-order valence-electron chi connectivity index (χ4n) is 1.54. The Bertz CT molecular complexity index is 301. The Morgan fingerprint density at radius 3 is 2.83 bits per heavy atom. The minimum atomic E-state index is 0.284. The van der Waals surface area contributed by atoms with E-state index >= 15 is 0 Å². The maximum Gasteiger partial charge on any atom is 0.169 e. The molecule has 0 amide bonds. The van der Waals surface area contributed by atoms with E-state index in [0.717, 1.165) is 11.3 Å². The first-order valence-electron chi connectivity index (χ1n) is 4.16. The molecular weight excluding hydrogens is 170 g/mol. The molecule has 64 valence electrons. The van der Waals surface area contributed by atoms with Crippen LogP contribution in [0.2, 0.25) is 0 Å². The molecule has 1 aromatic heterocycles. The van der Waals surface area contributed by atoms with Crippen molar-refractivity contribution in [1.29, 1.82) is 0 Å². The van der Waals surface area contributed by atoms with E-state index in [9.17, 15) is 4.79 Å². The Kier molecular flexibility index (Phi) is 1.76. The van der Waals surface area contributed by atoms with Gasteiger partial charge in [0.2, 0.25) is 0 Å². The Morgan fingerprint density at radius 2 is 2.42 bits per heavy atom. The summed E-state index contributed by atoms with van der Waals surface area (Å²) in [6.07, 6.45) is 4.56. The van der Waals surface area contributed by atoms with Gasteiger partial charge in [-0.05, 0) is 12.8 Å². The predicted molar refractivity (Wildman–Crippen MR) is 48.7 cm³/mol. The standard InChI is InChI=1S/C9H11NOS/c1-9(3-2-4-9)8-10-7(5-11)6-12-8/h5-6H,2-4H2,1H3. The Hall–Kier alpha value is -0.700. The molecule has 12 heavy (non-hydrogen) atoms. The van der Waals surface area contributed by atoms with Crippen molar-refractivity contribution in [1.82, 2.24) is 4.98 Å². The first-order chi connectivity index (χ1) is 5.74. The zero-order valence-corrected chi connectivity index (χ0v) is 7.86. The second kappa shape index (κ2) is 2.66. The van der Waals surface area contributed by atoms with E-state index in [4.69, 9.17) is 0 Å². The number of nitrogens with zero attached hydrogens (tertiary/aromatic N) is 1. The van der Waals surface area contributed by atoms with Crippen molar-refractivity contribution in [2.45, 2.75) is 31.6 Å². The molecule has 1 aliphatic rings. The van der Waals surface area contributed by atoms with Crippen molar-refractivity contribution in [3.05, 3.63) is 16.1 Å². The summed E-state index contributed by atoms with van der Waals surface area (Å²) in [6.45, 7) is 2.23. The molecule has 1 aliphatic carbocycles. The smallest absolute Gasteiger partial charge is 0.169 e. The fraction of sp³-hybridized carbons (Fsp3) is 0.556. The largest absolute Gasteiger partial charge is 0.296 e. The maximum absolute atomic E-state index is 10.4. The van der Waals surface area contributed by atoms with Gasteiger partial charge in [-0.15, -0.1) is 11.3 Å². The third-order valence-electron chi connectivity index (χ3n) is 2.62. The lowest BCUT2D eigenvalue weighted by atomic mass is 9.71. The van der Waals surface area contributed by atoms with Gasteiger partial charge in [0.25, 0.3) is 0 Å². The van der Waals surface area contributed by atoms with Gasteiger partial charge in [0.05, 0.1) is 5.01 Å². The molecule has 0 saturated heterocycles. The monoisotopic (exact) mass is 181 g/mol. The number of rotatable bonds is 2. The third-order valence-corrected chi connectivity index (χ3v) is 3.78. The van der Waals surface area contributed by atoms with Crippen LogP contribution in [0.25, 0.3) is 0 Å². The van der Waals surface area contributed by atoms with Crippen LogP contribution in [0.5, 0.6) is 0 Å². The summed E-state index contributed by atoms with van der Waals surface area (Å²) in [5.74, 6) is 0. The lowest BCUT2D eigenvalue weighted by Gasteiger charge is -2.36. The molecule has 0 atom stereocenters. The first kappa shape index (κ1) is 7.92. The summed E-state index contributed by atoms with van der Waals surface area (Å²) in [5, 5.41) is 2.97. The van der Waals surface area contributed by atoms with Gasteiger partial charge >= 0.3 is 0 Å². The lowest BCUT2D eigenvalue weighted by Crippen LogP contribution is -2.30. The van der Waals surface area contributed by atoms with E-state index in [1.165, 1.54) is 19.3 Å². The van der Waals surface area contributed by atoms with E-state index in [1.807, 2.05) is 5.38 Å². The Labute approximate surface area is 75.6 Å². The minimum Gasteiger partial charge on any atom is -0.296 e. The molecule has 0 N–H and O–H groups in total. The molecule has 0 bridgehead atoms. The first-order valence-corrected chi connectivity index (χ1v) is 5.04. The third kappa shape index (κ3) is 1.08. The van der Waals surface area contributed by atoms with Crippen molar-refractivity contribution in [3.63, 3.8) is 0 Å². The van der Waals surface area contributed by atoms with Gasteiger partial charge < -0.3 is 0 Å². The summed E-state index contributed by atoms with van der Waals surface area (Å²) in [7, 11) is 0. The van der Waals surface area contributed by atoms with Crippen molar-refractivity contribution in [3.8, 4) is 0 Å². The van der Waals surface area contributed by atoms with Crippen LogP contribution in [0.4, 0.5) is 0 Å². The van der Waals surface area contributed by atoms with Crippen LogP contribution in [0.15, 0.2) is 5.38 Å². The second-order valence-corrected chi connectivity index (χ2v) is 4.47. The van der Waals surface area contributed by atoms with Crippen molar-refractivity contribution in [2.75, 3.05) is 0 Å². The number of thiazole rings is 1. The molecule has 0 radical (unpaired) electrons. The molecule has 1 aromatic rings. The van der Waals surface area contributed by atoms with E-state index in [0.29, 0.717) is 5.69 Å². The van der Waals surface area contributed by atoms with E-state index < -0.39 is 0 Å². The van der Waals surface area contributed by atoms with Crippen LogP contribution in [0, 0.1) is 0 Å². The number of aldehydes is 1. The molecule has 0 unspecified atom stereocenters. The Morgan fingerprint density at radius 1 is 1.67 bits per heavy atom. The summed E-state index contributed by atoms with van der Waals surface area (Å²) in [5.41, 5.74) is 0.870. The summed E-state index contributed by atoms with van der Waals surface area (Å²) in [6, 6.07) is 0. The topological polar surface area (TPSA) is 30.0 Å². The van der Waals surface area contributed by atoms with Crippen molar-refractivity contribution < 1.29 is 4.79 Å². The van der Waals surface area contributed by atoms with Crippen molar-refractivity contribution in [2.24, 2.45) is 0 Å². The highest BCUT2D eigenvalue weighted by atomic mass is 32.1. The molecule has 0 aromatic carbocycles. The van der Waals surface area contributed by atoms with E-state index in [1.54, 1.807) is 11.3 Å². The van der Waals surface area contributed by atoms with Gasteiger partial charge in [0.1, 0.15) is 5.69 Å². The van der Waals surface area contributed by atoms with Gasteiger partial charge in [0.15, 0.2) is 6.29 Å². The number of carbonyl (C=O) groups excluding carboxylic acids is 1. The lowest BCUT2D eigenvalue weighted by molar-refractivity contribution is 0.111. The highest BCUT2D eigenvalue weighted by Gasteiger charge is 2.36. The van der Waals surface area contributed by atoms with Gasteiger partial charge in [-0.25, -0.2) is 4.98 Å². The molecule has 1 fully saturated rings. The molecule has 2 rings (SSSR count). The fourth-order valence-corrected chi connectivity index (χ4v) is 2.53. The highest BCUT2D eigenvalue weighted by molar-refractivity contribution is 7.10. The van der Waals surface area contributed by atoms with Crippen LogP contribution in [-0.4, -0.2) is 11.3 Å². The van der Waals surface area contributed by atoms with E-state index in [-0.39, 0.29) is 5.41 Å². The van der Waals surface area contributed by atoms with Crippen LogP contribution in [0.3, 0.4) is 0 Å². The molecule has 2 nitrogen and oxygen atoms in total. The Balaban J connectivity index is 2.27. The molecule has 1 heterocycles. The van der Waals surface area contributed by atoms with Crippen LogP contribution >= 0.6 is 11.3 Å². The average molecular weight is 181 g/mol. The van der Waals surface area contributed by atoms with Gasteiger partial charge in [-0.1, -0.05) is 13.3 Å². The average Bonchev–Trinajstić information content (AvgIpc) is 2.48. The minimum absolute atomic E-state index is 0.284. The van der Waals surface area contributed by atoms with Crippen LogP contribution in [0.1, 0.15) is 41.7 Å². The maximum atomic E-state index is 10.4. The number of aromatic nitrogens is 1. The molecule has 1 saturated carbocycles. The molecule has 0 spiro atoms. The normalized spacial score (nSPS) is 20.1. The van der Waals surface area contributed by atoms with Gasteiger partial charge in [0, 0.05) is 10.8 Å². The van der Waals surface area contributed by atoms with Gasteiger partial charge in [-0.3, -0.25) is 4.79 Å². The second-order valence-electron chi connectivity index (χ2n) is 3.61. The summed E-state index contributed by atoms with van der Waals surface area (Å²) in [4.78, 5) is 14.7. The molecular formula is C9H11NOS.